The second-order valence-corrected chi connectivity index (χ2v) is 5.91. The first kappa shape index (κ1) is 14.7. The number of carbonyl (C=O) groups excluding carboxylic acids is 1. The van der Waals surface area contributed by atoms with Crippen LogP contribution < -0.4 is 10.5 Å². The molecule has 1 aliphatic heterocycles. The van der Waals surface area contributed by atoms with Crippen molar-refractivity contribution in [1.29, 1.82) is 0 Å². The summed E-state index contributed by atoms with van der Waals surface area (Å²) in [6, 6.07) is 7.17. The quantitative estimate of drug-likeness (QED) is 0.860. The zero-order valence-electron chi connectivity index (χ0n) is 12.4. The second-order valence-electron chi connectivity index (χ2n) is 5.91. The number of rotatable bonds is 4. The maximum absolute atomic E-state index is 12.1. The smallest absolute Gasteiger partial charge is 0.260 e. The van der Waals surface area contributed by atoms with E-state index in [2.05, 4.69) is 13.8 Å². The minimum atomic E-state index is 0.0607. The van der Waals surface area contributed by atoms with Crippen molar-refractivity contribution < 1.29 is 9.53 Å². The topological polar surface area (TPSA) is 55.6 Å². The first-order chi connectivity index (χ1) is 9.52. The highest BCUT2D eigenvalue weighted by atomic mass is 16.5. The molecule has 0 saturated carbocycles. The number of piperidine rings is 1. The molecule has 1 aromatic rings. The molecule has 0 radical (unpaired) electrons. The van der Waals surface area contributed by atoms with Crippen LogP contribution in [-0.2, 0) is 4.79 Å². The normalized spacial score (nSPS) is 17.8. The molecule has 1 aromatic carbocycles. The van der Waals surface area contributed by atoms with Crippen molar-refractivity contribution in [2.45, 2.75) is 33.1 Å². The number of nitrogens with two attached hydrogens (primary N) is 1. The molecule has 0 spiro atoms. The van der Waals surface area contributed by atoms with Gasteiger partial charge in [0.15, 0.2) is 6.61 Å². The number of amides is 1. The number of nitrogen functional groups attached to an aromatic ring is 1. The Balaban J connectivity index is 1.81. The Hall–Kier alpha value is -1.71. The van der Waals surface area contributed by atoms with Gasteiger partial charge in [-0.2, -0.15) is 0 Å². The molecule has 0 unspecified atom stereocenters. The molecule has 0 aliphatic carbocycles. The molecule has 0 atom stereocenters. The average Bonchev–Trinajstić information content (AvgIpc) is 2.46. The summed E-state index contributed by atoms with van der Waals surface area (Å²) in [4.78, 5) is 14.0. The van der Waals surface area contributed by atoms with Crippen LogP contribution in [0.5, 0.6) is 5.75 Å². The summed E-state index contributed by atoms with van der Waals surface area (Å²) in [5, 5.41) is 0. The van der Waals surface area contributed by atoms with Crippen molar-refractivity contribution in [3.05, 3.63) is 24.3 Å². The number of anilines is 1. The predicted octanol–water partition coefficient (Wildman–Crippen LogP) is 2.69. The Morgan fingerprint density at radius 1 is 1.40 bits per heavy atom. The molecule has 1 fully saturated rings. The molecular weight excluding hydrogens is 252 g/mol. The molecule has 1 saturated heterocycles. The van der Waals surface area contributed by atoms with Crippen molar-refractivity contribution in [2.24, 2.45) is 5.41 Å². The summed E-state index contributed by atoms with van der Waals surface area (Å²) in [5.74, 6) is 0.708. The van der Waals surface area contributed by atoms with E-state index in [0.29, 0.717) is 16.9 Å². The van der Waals surface area contributed by atoms with Gasteiger partial charge >= 0.3 is 0 Å². The van der Waals surface area contributed by atoms with Gasteiger partial charge in [0.2, 0.25) is 0 Å². The fourth-order valence-corrected chi connectivity index (χ4v) is 2.49. The van der Waals surface area contributed by atoms with Crippen LogP contribution in [0.4, 0.5) is 5.69 Å². The molecule has 1 heterocycles. The van der Waals surface area contributed by atoms with Crippen LogP contribution in [0.3, 0.4) is 0 Å². The number of hydrogen-bond donors (Lipinski definition) is 1. The van der Waals surface area contributed by atoms with Crippen molar-refractivity contribution in [3.8, 4) is 5.75 Å². The second kappa shape index (κ2) is 6.16. The van der Waals surface area contributed by atoms with E-state index >= 15 is 0 Å². The van der Waals surface area contributed by atoms with Crippen LogP contribution in [0.15, 0.2) is 24.3 Å². The van der Waals surface area contributed by atoms with Gasteiger partial charge in [-0.1, -0.05) is 26.3 Å². The molecule has 1 amide bonds. The van der Waals surface area contributed by atoms with E-state index in [1.54, 1.807) is 12.1 Å². The maximum Gasteiger partial charge on any atom is 0.260 e. The van der Waals surface area contributed by atoms with E-state index < -0.39 is 0 Å². The van der Waals surface area contributed by atoms with Gasteiger partial charge in [0.25, 0.3) is 5.91 Å². The summed E-state index contributed by atoms with van der Waals surface area (Å²) >= 11 is 0. The molecule has 110 valence electrons. The molecular formula is C16H24N2O2. The third-order valence-corrected chi connectivity index (χ3v) is 4.40. The first-order valence-electron chi connectivity index (χ1n) is 7.28. The van der Waals surface area contributed by atoms with E-state index in [9.17, 15) is 4.79 Å². The third-order valence-electron chi connectivity index (χ3n) is 4.40. The molecule has 0 aromatic heterocycles. The number of benzene rings is 1. The minimum absolute atomic E-state index is 0.0607. The predicted molar refractivity (Wildman–Crippen MR) is 80.6 cm³/mol. The van der Waals surface area contributed by atoms with Gasteiger partial charge in [-0.25, -0.2) is 0 Å². The monoisotopic (exact) mass is 276 g/mol. The molecule has 0 bridgehead atoms. The van der Waals surface area contributed by atoms with Gasteiger partial charge in [-0.3, -0.25) is 4.79 Å². The van der Waals surface area contributed by atoms with Gasteiger partial charge in [0, 0.05) is 24.8 Å². The van der Waals surface area contributed by atoms with Gasteiger partial charge in [0.1, 0.15) is 5.75 Å². The summed E-state index contributed by atoms with van der Waals surface area (Å²) in [6.45, 7) is 6.29. The molecule has 4 heteroatoms. The summed E-state index contributed by atoms with van der Waals surface area (Å²) in [6.07, 6.45) is 3.33. The van der Waals surface area contributed by atoms with E-state index in [1.165, 1.54) is 6.42 Å². The highest BCUT2D eigenvalue weighted by Crippen LogP contribution is 2.33. The summed E-state index contributed by atoms with van der Waals surface area (Å²) in [5.41, 5.74) is 6.72. The zero-order valence-corrected chi connectivity index (χ0v) is 12.4. The highest BCUT2D eigenvalue weighted by Gasteiger charge is 2.30. The lowest BCUT2D eigenvalue weighted by atomic mass is 9.78. The van der Waals surface area contributed by atoms with Crippen molar-refractivity contribution in [3.63, 3.8) is 0 Å². The van der Waals surface area contributed by atoms with Crippen LogP contribution in [-0.4, -0.2) is 30.5 Å². The zero-order chi connectivity index (χ0) is 14.6. The summed E-state index contributed by atoms with van der Waals surface area (Å²) in [7, 11) is 0. The van der Waals surface area contributed by atoms with Crippen LogP contribution in [0, 0.1) is 5.41 Å². The maximum atomic E-state index is 12.1. The SMILES string of the molecule is CCC1(C)CCN(C(=O)COc2cccc(N)c2)CC1. The number of likely N-dealkylation sites (tertiary alicyclic amines) is 1. The lowest BCUT2D eigenvalue weighted by molar-refractivity contribution is -0.135. The van der Waals surface area contributed by atoms with Gasteiger partial charge < -0.3 is 15.4 Å². The Morgan fingerprint density at radius 3 is 2.70 bits per heavy atom. The third kappa shape index (κ3) is 3.65. The largest absolute Gasteiger partial charge is 0.484 e. The molecule has 1 aliphatic rings. The molecule has 2 N–H and O–H groups in total. The van der Waals surface area contributed by atoms with Crippen molar-refractivity contribution >= 4 is 11.6 Å². The number of carbonyl (C=O) groups is 1. The van der Waals surface area contributed by atoms with Crippen LogP contribution >= 0.6 is 0 Å². The fraction of sp³-hybridized carbons (Fsp3) is 0.562. The Morgan fingerprint density at radius 2 is 2.10 bits per heavy atom. The average molecular weight is 276 g/mol. The number of ether oxygens (including phenoxy) is 1. The molecule has 20 heavy (non-hydrogen) atoms. The standard InChI is InChI=1S/C16H24N2O2/c1-3-16(2)7-9-18(10-8-16)15(19)12-20-14-6-4-5-13(17)11-14/h4-6,11H,3,7-10,12,17H2,1-2H3. The lowest BCUT2D eigenvalue weighted by Crippen LogP contribution is -2.43. The lowest BCUT2D eigenvalue weighted by Gasteiger charge is -2.38. The molecule has 4 nitrogen and oxygen atoms in total. The first-order valence-corrected chi connectivity index (χ1v) is 7.28. The van der Waals surface area contributed by atoms with Crippen LogP contribution in [0.1, 0.15) is 33.1 Å². The van der Waals surface area contributed by atoms with Gasteiger partial charge in [0.05, 0.1) is 0 Å². The van der Waals surface area contributed by atoms with E-state index in [0.717, 1.165) is 25.9 Å². The highest BCUT2D eigenvalue weighted by molar-refractivity contribution is 5.77. The van der Waals surface area contributed by atoms with Gasteiger partial charge in [-0.05, 0) is 30.4 Å². The Labute approximate surface area is 120 Å². The van der Waals surface area contributed by atoms with E-state index in [-0.39, 0.29) is 12.5 Å². The van der Waals surface area contributed by atoms with Crippen LogP contribution in [0.25, 0.3) is 0 Å². The Kier molecular flexibility index (Phi) is 4.53. The van der Waals surface area contributed by atoms with E-state index in [4.69, 9.17) is 10.5 Å². The number of hydrogen-bond acceptors (Lipinski definition) is 3. The van der Waals surface area contributed by atoms with Crippen molar-refractivity contribution in [1.82, 2.24) is 4.90 Å². The summed E-state index contributed by atoms with van der Waals surface area (Å²) < 4.78 is 5.51. The fourth-order valence-electron chi connectivity index (χ4n) is 2.49. The van der Waals surface area contributed by atoms with Crippen molar-refractivity contribution in [2.75, 3.05) is 25.4 Å². The van der Waals surface area contributed by atoms with E-state index in [1.807, 2.05) is 17.0 Å². The number of nitrogens with zero attached hydrogens (tertiary/aromatic N) is 1. The molecule has 2 rings (SSSR count). The van der Waals surface area contributed by atoms with Crippen LogP contribution in [0.2, 0.25) is 0 Å². The minimum Gasteiger partial charge on any atom is -0.484 e. The Bertz CT molecular complexity index is 465. The van der Waals surface area contributed by atoms with Gasteiger partial charge in [-0.15, -0.1) is 0 Å².